The topological polar surface area (TPSA) is 38.3 Å². The maximum atomic E-state index is 13.6. The number of halogens is 3. The number of hydrogen-bond acceptors (Lipinski definition) is 2. The molecule has 0 aliphatic rings. The van der Waals surface area contributed by atoms with Gasteiger partial charge in [-0.15, -0.1) is 0 Å². The lowest BCUT2D eigenvalue weighted by Crippen LogP contribution is -2.14. The highest BCUT2D eigenvalue weighted by Gasteiger charge is 2.15. The third-order valence-electron chi connectivity index (χ3n) is 2.62. The van der Waals surface area contributed by atoms with Crippen LogP contribution in [0.25, 0.3) is 0 Å². The van der Waals surface area contributed by atoms with Crippen molar-refractivity contribution in [2.75, 3.05) is 12.4 Å². The standard InChI is InChI=1S/C14H10BrF2NO2/c1-20-8-5-6-10(16)12(7-8)18-14(19)9-3-2-4-11(17)13(9)15/h2-7H,1H3,(H,18,19). The monoisotopic (exact) mass is 341 g/mol. The van der Waals surface area contributed by atoms with Crippen molar-refractivity contribution in [3.05, 3.63) is 58.1 Å². The van der Waals surface area contributed by atoms with Gasteiger partial charge in [0.1, 0.15) is 17.4 Å². The molecule has 20 heavy (non-hydrogen) atoms. The SMILES string of the molecule is COc1ccc(F)c(NC(=O)c2cccc(F)c2Br)c1. The summed E-state index contributed by atoms with van der Waals surface area (Å²) < 4.78 is 31.9. The van der Waals surface area contributed by atoms with E-state index in [9.17, 15) is 13.6 Å². The summed E-state index contributed by atoms with van der Waals surface area (Å²) in [5, 5.41) is 2.38. The lowest BCUT2D eigenvalue weighted by Gasteiger charge is -2.09. The van der Waals surface area contributed by atoms with Gasteiger partial charge in [0.05, 0.1) is 22.8 Å². The van der Waals surface area contributed by atoms with Crippen molar-refractivity contribution in [2.45, 2.75) is 0 Å². The van der Waals surface area contributed by atoms with Gasteiger partial charge in [0, 0.05) is 6.07 Å². The number of nitrogens with one attached hydrogen (secondary N) is 1. The molecule has 0 saturated carbocycles. The Morgan fingerprint density at radius 3 is 2.65 bits per heavy atom. The van der Waals surface area contributed by atoms with Crippen LogP contribution in [-0.4, -0.2) is 13.0 Å². The minimum atomic E-state index is -0.622. The Balaban J connectivity index is 2.30. The predicted octanol–water partition coefficient (Wildman–Crippen LogP) is 3.99. The van der Waals surface area contributed by atoms with E-state index in [0.717, 1.165) is 0 Å². The predicted molar refractivity (Wildman–Crippen MR) is 75.0 cm³/mol. The highest BCUT2D eigenvalue weighted by Crippen LogP contribution is 2.24. The molecule has 2 aromatic rings. The van der Waals surface area contributed by atoms with E-state index >= 15 is 0 Å². The fourth-order valence-electron chi connectivity index (χ4n) is 1.60. The summed E-state index contributed by atoms with van der Waals surface area (Å²) in [5.74, 6) is -1.39. The molecule has 1 amide bonds. The molecule has 0 aromatic heterocycles. The molecule has 0 fully saturated rings. The highest BCUT2D eigenvalue weighted by molar-refractivity contribution is 9.10. The van der Waals surface area contributed by atoms with E-state index < -0.39 is 17.5 Å². The van der Waals surface area contributed by atoms with Gasteiger partial charge in [0.2, 0.25) is 0 Å². The number of rotatable bonds is 3. The van der Waals surface area contributed by atoms with Crippen LogP contribution in [-0.2, 0) is 0 Å². The second-order valence-corrected chi connectivity index (χ2v) is 4.69. The van der Waals surface area contributed by atoms with Crippen molar-refractivity contribution in [3.8, 4) is 5.75 Å². The van der Waals surface area contributed by atoms with Crippen LogP contribution in [0.5, 0.6) is 5.75 Å². The molecule has 3 nitrogen and oxygen atoms in total. The lowest BCUT2D eigenvalue weighted by atomic mass is 10.2. The number of methoxy groups -OCH3 is 1. The van der Waals surface area contributed by atoms with Crippen LogP contribution in [0.15, 0.2) is 40.9 Å². The molecule has 0 bridgehead atoms. The Bertz CT molecular complexity index is 662. The summed E-state index contributed by atoms with van der Waals surface area (Å²) in [6.45, 7) is 0. The van der Waals surface area contributed by atoms with Gasteiger partial charge in [-0.05, 0) is 40.2 Å². The summed E-state index contributed by atoms with van der Waals surface area (Å²) >= 11 is 2.99. The summed E-state index contributed by atoms with van der Waals surface area (Å²) in [5.41, 5.74) is 0.0396. The first kappa shape index (κ1) is 14.5. The van der Waals surface area contributed by atoms with Crippen molar-refractivity contribution in [2.24, 2.45) is 0 Å². The van der Waals surface area contributed by atoms with Crippen LogP contribution in [0.3, 0.4) is 0 Å². The second kappa shape index (κ2) is 6.00. The van der Waals surface area contributed by atoms with E-state index in [2.05, 4.69) is 21.2 Å². The Hall–Kier alpha value is -1.95. The van der Waals surface area contributed by atoms with Gasteiger partial charge < -0.3 is 10.1 Å². The zero-order valence-corrected chi connectivity index (χ0v) is 12.0. The Labute approximate surface area is 122 Å². The molecule has 2 aromatic carbocycles. The molecule has 0 aliphatic carbocycles. The first-order chi connectivity index (χ1) is 9.52. The first-order valence-corrected chi connectivity index (χ1v) is 6.41. The van der Waals surface area contributed by atoms with Crippen molar-refractivity contribution >= 4 is 27.5 Å². The molecule has 0 radical (unpaired) electrons. The van der Waals surface area contributed by atoms with Gasteiger partial charge >= 0.3 is 0 Å². The molecule has 0 aliphatic heterocycles. The highest BCUT2D eigenvalue weighted by atomic mass is 79.9. The number of benzene rings is 2. The van der Waals surface area contributed by atoms with E-state index in [4.69, 9.17) is 4.74 Å². The lowest BCUT2D eigenvalue weighted by molar-refractivity contribution is 0.102. The minimum absolute atomic E-state index is 0.0285. The van der Waals surface area contributed by atoms with Gasteiger partial charge in [-0.25, -0.2) is 8.78 Å². The van der Waals surface area contributed by atoms with Crippen LogP contribution in [0.4, 0.5) is 14.5 Å². The average molecular weight is 342 g/mol. The van der Waals surface area contributed by atoms with Gasteiger partial charge in [0.25, 0.3) is 5.91 Å². The van der Waals surface area contributed by atoms with Crippen LogP contribution in [0.2, 0.25) is 0 Å². The molecule has 0 saturated heterocycles. The molecular weight excluding hydrogens is 332 g/mol. The summed E-state index contributed by atoms with van der Waals surface area (Å²) in [4.78, 5) is 12.0. The van der Waals surface area contributed by atoms with Crippen LogP contribution in [0.1, 0.15) is 10.4 Å². The van der Waals surface area contributed by atoms with Crippen LogP contribution in [0, 0.1) is 11.6 Å². The summed E-state index contributed by atoms with van der Waals surface area (Å²) in [7, 11) is 1.43. The molecule has 1 N–H and O–H groups in total. The van der Waals surface area contributed by atoms with Gasteiger partial charge in [-0.3, -0.25) is 4.79 Å². The molecule has 0 atom stereocenters. The normalized spacial score (nSPS) is 10.2. The number of hydrogen-bond donors (Lipinski definition) is 1. The van der Waals surface area contributed by atoms with Gasteiger partial charge in [0.15, 0.2) is 0 Å². The maximum absolute atomic E-state index is 13.6. The van der Waals surface area contributed by atoms with Gasteiger partial charge in [-0.1, -0.05) is 6.07 Å². The summed E-state index contributed by atoms with van der Waals surface area (Å²) in [6, 6.07) is 8.00. The maximum Gasteiger partial charge on any atom is 0.256 e. The number of ether oxygens (including phenoxy) is 1. The van der Waals surface area contributed by atoms with Gasteiger partial charge in [-0.2, -0.15) is 0 Å². The Morgan fingerprint density at radius 1 is 1.20 bits per heavy atom. The van der Waals surface area contributed by atoms with Crippen molar-refractivity contribution in [3.63, 3.8) is 0 Å². The van der Waals surface area contributed by atoms with Crippen molar-refractivity contribution in [1.82, 2.24) is 0 Å². The zero-order chi connectivity index (χ0) is 14.7. The quantitative estimate of drug-likeness (QED) is 0.916. The van der Waals surface area contributed by atoms with E-state index in [1.165, 1.54) is 43.5 Å². The third-order valence-corrected chi connectivity index (χ3v) is 3.42. The fourth-order valence-corrected chi connectivity index (χ4v) is 2.04. The van der Waals surface area contributed by atoms with E-state index in [1.807, 2.05) is 0 Å². The average Bonchev–Trinajstić information content (AvgIpc) is 2.44. The Morgan fingerprint density at radius 2 is 1.95 bits per heavy atom. The smallest absolute Gasteiger partial charge is 0.256 e. The fraction of sp³-hybridized carbons (Fsp3) is 0.0714. The third kappa shape index (κ3) is 2.96. The van der Waals surface area contributed by atoms with Crippen molar-refractivity contribution in [1.29, 1.82) is 0 Å². The molecular formula is C14H10BrF2NO2. The zero-order valence-electron chi connectivity index (χ0n) is 10.4. The number of carbonyl (C=O) groups is 1. The second-order valence-electron chi connectivity index (χ2n) is 3.90. The van der Waals surface area contributed by atoms with E-state index in [1.54, 1.807) is 0 Å². The molecule has 0 unspecified atom stereocenters. The number of carbonyl (C=O) groups excluding carboxylic acids is 1. The molecule has 0 heterocycles. The first-order valence-electron chi connectivity index (χ1n) is 5.62. The van der Waals surface area contributed by atoms with Crippen LogP contribution < -0.4 is 10.1 Å². The molecule has 6 heteroatoms. The number of amides is 1. The largest absolute Gasteiger partial charge is 0.497 e. The summed E-state index contributed by atoms with van der Waals surface area (Å²) in [6.07, 6.45) is 0. The molecule has 2 rings (SSSR count). The number of anilines is 1. The molecule has 104 valence electrons. The Kier molecular flexibility index (Phi) is 4.34. The van der Waals surface area contributed by atoms with Crippen molar-refractivity contribution < 1.29 is 18.3 Å². The van der Waals surface area contributed by atoms with E-state index in [0.29, 0.717) is 5.75 Å². The molecule has 0 spiro atoms. The van der Waals surface area contributed by atoms with E-state index in [-0.39, 0.29) is 15.7 Å². The minimum Gasteiger partial charge on any atom is -0.497 e. The van der Waals surface area contributed by atoms with Crippen LogP contribution >= 0.6 is 15.9 Å².